The van der Waals surface area contributed by atoms with Crippen molar-refractivity contribution in [2.45, 2.75) is 83.7 Å². The number of rotatable bonds is 4. The molecule has 2 nitrogen and oxygen atoms in total. The summed E-state index contributed by atoms with van der Waals surface area (Å²) in [7, 11) is 2.31. The van der Waals surface area contributed by atoms with Crippen molar-refractivity contribution in [3.63, 3.8) is 0 Å². The molecular weight excluding hydrogens is 232 g/mol. The van der Waals surface area contributed by atoms with Crippen LogP contribution in [0.25, 0.3) is 0 Å². The van der Waals surface area contributed by atoms with Crippen molar-refractivity contribution in [3.8, 4) is 0 Å². The minimum Gasteiger partial charge on any atom is -0.329 e. The van der Waals surface area contributed by atoms with E-state index in [9.17, 15) is 0 Å². The van der Waals surface area contributed by atoms with Crippen molar-refractivity contribution in [3.05, 3.63) is 0 Å². The van der Waals surface area contributed by atoms with Gasteiger partial charge < -0.3 is 5.73 Å². The lowest BCUT2D eigenvalue weighted by Gasteiger charge is -2.52. The van der Waals surface area contributed by atoms with Crippen LogP contribution in [0.5, 0.6) is 0 Å². The molecule has 0 heterocycles. The van der Waals surface area contributed by atoms with Crippen LogP contribution in [0, 0.1) is 11.3 Å². The van der Waals surface area contributed by atoms with Crippen LogP contribution in [-0.4, -0.2) is 30.1 Å². The van der Waals surface area contributed by atoms with Gasteiger partial charge in [0.25, 0.3) is 0 Å². The Kier molecular flexibility index (Phi) is 4.62. The summed E-state index contributed by atoms with van der Waals surface area (Å²) in [5, 5.41) is 0. The maximum Gasteiger partial charge on any atom is 0.0332 e. The quantitative estimate of drug-likeness (QED) is 0.838. The third-order valence-electron chi connectivity index (χ3n) is 6.61. The summed E-state index contributed by atoms with van der Waals surface area (Å²) in [4.78, 5) is 2.61. The van der Waals surface area contributed by atoms with E-state index in [-0.39, 0.29) is 5.54 Å². The first-order valence-corrected chi connectivity index (χ1v) is 8.38. The Morgan fingerprint density at radius 3 is 1.89 bits per heavy atom. The largest absolute Gasteiger partial charge is 0.329 e. The molecule has 0 radical (unpaired) electrons. The molecule has 0 aliphatic heterocycles. The lowest BCUT2D eigenvalue weighted by Crippen LogP contribution is -2.58. The van der Waals surface area contributed by atoms with Gasteiger partial charge in [-0.2, -0.15) is 0 Å². The lowest BCUT2D eigenvalue weighted by atomic mass is 9.65. The maximum atomic E-state index is 6.22. The molecule has 0 aromatic heterocycles. The molecule has 1 unspecified atom stereocenters. The zero-order chi connectivity index (χ0) is 14.1. The molecule has 2 fully saturated rings. The zero-order valence-electron chi connectivity index (χ0n) is 13.5. The van der Waals surface area contributed by atoms with Gasteiger partial charge in [0.1, 0.15) is 0 Å². The summed E-state index contributed by atoms with van der Waals surface area (Å²) in [5.41, 5.74) is 7.21. The fourth-order valence-corrected chi connectivity index (χ4v) is 4.45. The van der Waals surface area contributed by atoms with Crippen molar-refractivity contribution < 1.29 is 0 Å². The van der Waals surface area contributed by atoms with Gasteiger partial charge in [0.2, 0.25) is 0 Å². The van der Waals surface area contributed by atoms with E-state index in [0.717, 1.165) is 6.54 Å². The first-order chi connectivity index (χ1) is 8.95. The second-order valence-corrected chi connectivity index (χ2v) is 7.73. The number of likely N-dealkylation sites (N-methyl/N-ethyl adjacent to an activating group) is 1. The van der Waals surface area contributed by atoms with E-state index in [1.807, 2.05) is 0 Å². The van der Waals surface area contributed by atoms with E-state index in [2.05, 4.69) is 32.7 Å². The number of nitrogens with zero attached hydrogens (tertiary/aromatic N) is 1. The van der Waals surface area contributed by atoms with E-state index >= 15 is 0 Å². The van der Waals surface area contributed by atoms with Gasteiger partial charge in [-0.3, -0.25) is 4.90 Å². The van der Waals surface area contributed by atoms with Gasteiger partial charge in [-0.1, -0.05) is 26.7 Å². The zero-order valence-corrected chi connectivity index (χ0v) is 13.5. The Labute approximate surface area is 120 Å². The lowest BCUT2D eigenvalue weighted by molar-refractivity contribution is -0.00238. The van der Waals surface area contributed by atoms with E-state index in [4.69, 9.17) is 5.73 Å². The average Bonchev–Trinajstić information content (AvgIpc) is 2.87. The van der Waals surface area contributed by atoms with Crippen LogP contribution in [0.3, 0.4) is 0 Å². The molecule has 0 saturated heterocycles. The second kappa shape index (κ2) is 5.73. The highest BCUT2D eigenvalue weighted by atomic mass is 15.2. The number of hydrogen-bond donors (Lipinski definition) is 1. The molecule has 0 bridgehead atoms. The Hall–Kier alpha value is -0.0800. The summed E-state index contributed by atoms with van der Waals surface area (Å²) in [6, 6.07) is 0.626. The predicted octanol–water partition coefficient (Wildman–Crippen LogP) is 3.79. The van der Waals surface area contributed by atoms with Gasteiger partial charge in [-0.15, -0.1) is 0 Å². The fraction of sp³-hybridized carbons (Fsp3) is 1.00. The molecule has 2 heteroatoms. The molecule has 2 rings (SSSR count). The van der Waals surface area contributed by atoms with Crippen LogP contribution in [-0.2, 0) is 0 Å². The van der Waals surface area contributed by atoms with Crippen molar-refractivity contribution >= 4 is 0 Å². The van der Waals surface area contributed by atoms with Crippen LogP contribution in [0.15, 0.2) is 0 Å². The molecule has 19 heavy (non-hydrogen) atoms. The molecule has 2 aliphatic carbocycles. The van der Waals surface area contributed by atoms with Gasteiger partial charge in [-0.25, -0.2) is 0 Å². The van der Waals surface area contributed by atoms with Crippen molar-refractivity contribution in [1.29, 1.82) is 0 Å². The summed E-state index contributed by atoms with van der Waals surface area (Å²) < 4.78 is 0. The Bertz CT molecular complexity index is 282. The SMILES string of the molecule is CC(C)C(C)N(C)C1(CN)CCC2(CCCC2)CC1. The standard InChI is InChI=1S/C17H34N2/c1-14(2)15(3)19(4)17(13-18)11-9-16(10-12-17)7-5-6-8-16/h14-15H,5-13,18H2,1-4H3. The van der Waals surface area contributed by atoms with Gasteiger partial charge >= 0.3 is 0 Å². The summed E-state index contributed by atoms with van der Waals surface area (Å²) in [5.74, 6) is 0.704. The second-order valence-electron chi connectivity index (χ2n) is 7.73. The van der Waals surface area contributed by atoms with Crippen LogP contribution in [0.2, 0.25) is 0 Å². The third kappa shape index (κ3) is 2.85. The molecule has 0 aromatic rings. The first-order valence-electron chi connectivity index (χ1n) is 8.38. The van der Waals surface area contributed by atoms with Crippen LogP contribution in [0.4, 0.5) is 0 Å². The summed E-state index contributed by atoms with van der Waals surface area (Å²) in [6.07, 6.45) is 11.4. The van der Waals surface area contributed by atoms with E-state index in [1.165, 1.54) is 51.4 Å². The van der Waals surface area contributed by atoms with Crippen molar-refractivity contribution in [1.82, 2.24) is 4.90 Å². The highest BCUT2D eigenvalue weighted by Gasteiger charge is 2.46. The van der Waals surface area contributed by atoms with E-state index in [0.29, 0.717) is 17.4 Å². The molecule has 1 spiro atoms. The maximum absolute atomic E-state index is 6.22. The summed E-state index contributed by atoms with van der Waals surface area (Å²) in [6.45, 7) is 7.85. The molecular formula is C17H34N2. The monoisotopic (exact) mass is 266 g/mol. The minimum atomic E-state index is 0.275. The predicted molar refractivity (Wildman–Crippen MR) is 83.2 cm³/mol. The van der Waals surface area contributed by atoms with Crippen LogP contribution in [0.1, 0.15) is 72.1 Å². The highest BCUT2D eigenvalue weighted by Crippen LogP contribution is 2.52. The van der Waals surface area contributed by atoms with Crippen molar-refractivity contribution in [2.75, 3.05) is 13.6 Å². The Morgan fingerprint density at radius 2 is 1.47 bits per heavy atom. The highest BCUT2D eigenvalue weighted by molar-refractivity contribution is 5.01. The van der Waals surface area contributed by atoms with Gasteiger partial charge in [-0.05, 0) is 63.8 Å². The Balaban J connectivity index is 2.04. The molecule has 0 amide bonds. The van der Waals surface area contributed by atoms with E-state index < -0.39 is 0 Å². The first kappa shape index (κ1) is 15.3. The molecule has 2 saturated carbocycles. The fourth-order valence-electron chi connectivity index (χ4n) is 4.45. The van der Waals surface area contributed by atoms with Crippen LogP contribution >= 0.6 is 0 Å². The van der Waals surface area contributed by atoms with Gasteiger partial charge in [0.05, 0.1) is 0 Å². The molecule has 0 aromatic carbocycles. The van der Waals surface area contributed by atoms with Crippen LogP contribution < -0.4 is 5.73 Å². The van der Waals surface area contributed by atoms with E-state index in [1.54, 1.807) is 0 Å². The molecule has 1 atom stereocenters. The van der Waals surface area contributed by atoms with Gasteiger partial charge in [0, 0.05) is 18.1 Å². The number of nitrogens with two attached hydrogens (primary N) is 1. The third-order valence-corrected chi connectivity index (χ3v) is 6.61. The summed E-state index contributed by atoms with van der Waals surface area (Å²) >= 11 is 0. The number of hydrogen-bond acceptors (Lipinski definition) is 2. The molecule has 2 N–H and O–H groups in total. The van der Waals surface area contributed by atoms with Gasteiger partial charge in [0.15, 0.2) is 0 Å². The smallest absolute Gasteiger partial charge is 0.0332 e. The normalized spacial score (nSPS) is 27.3. The minimum absolute atomic E-state index is 0.275. The topological polar surface area (TPSA) is 29.3 Å². The van der Waals surface area contributed by atoms with Crippen molar-refractivity contribution in [2.24, 2.45) is 17.1 Å². The average molecular weight is 266 g/mol. The molecule has 112 valence electrons. The molecule has 2 aliphatic rings. The Morgan fingerprint density at radius 1 is 0.947 bits per heavy atom.